The van der Waals surface area contributed by atoms with Crippen molar-refractivity contribution in [2.24, 2.45) is 5.73 Å². The summed E-state index contributed by atoms with van der Waals surface area (Å²) in [7, 11) is 0. The van der Waals surface area contributed by atoms with Crippen LogP contribution < -0.4 is 15.2 Å². The molecule has 3 nitrogen and oxygen atoms in total. The smallest absolute Gasteiger partial charge is 0.161 e. The summed E-state index contributed by atoms with van der Waals surface area (Å²) >= 11 is 2.29. The fraction of sp³-hybridized carbons (Fsp3) is 0.250. The molecule has 20 heavy (non-hydrogen) atoms. The predicted molar refractivity (Wildman–Crippen MR) is 87.2 cm³/mol. The van der Waals surface area contributed by atoms with Crippen molar-refractivity contribution < 1.29 is 9.47 Å². The van der Waals surface area contributed by atoms with Gasteiger partial charge in [0, 0.05) is 9.99 Å². The fourth-order valence-corrected chi connectivity index (χ4v) is 2.60. The number of ether oxygens (including phenoxy) is 2. The van der Waals surface area contributed by atoms with Gasteiger partial charge in [-0.2, -0.15) is 0 Å². The Bertz CT molecular complexity index is 598. The van der Waals surface area contributed by atoms with Gasteiger partial charge in [-0.1, -0.05) is 18.2 Å². The highest BCUT2D eigenvalue weighted by molar-refractivity contribution is 14.1. The van der Waals surface area contributed by atoms with E-state index in [1.807, 2.05) is 18.2 Å². The molecule has 4 heteroatoms. The topological polar surface area (TPSA) is 44.5 Å². The molecular formula is C16H16INO2. The molecule has 1 unspecified atom stereocenters. The van der Waals surface area contributed by atoms with E-state index in [1.165, 1.54) is 3.57 Å². The van der Waals surface area contributed by atoms with Crippen LogP contribution in [0.1, 0.15) is 23.6 Å². The lowest BCUT2D eigenvalue weighted by Crippen LogP contribution is -2.12. The largest absolute Gasteiger partial charge is 0.490 e. The summed E-state index contributed by atoms with van der Waals surface area (Å²) < 4.78 is 12.6. The second-order valence-electron chi connectivity index (χ2n) is 4.79. The first-order valence-electron chi connectivity index (χ1n) is 6.64. The van der Waals surface area contributed by atoms with E-state index in [2.05, 4.69) is 46.9 Å². The van der Waals surface area contributed by atoms with Crippen molar-refractivity contribution in [2.75, 3.05) is 13.2 Å². The van der Waals surface area contributed by atoms with Crippen molar-refractivity contribution >= 4 is 22.6 Å². The van der Waals surface area contributed by atoms with E-state index in [1.54, 1.807) is 0 Å². The van der Waals surface area contributed by atoms with Crippen molar-refractivity contribution in [1.29, 1.82) is 0 Å². The molecule has 1 aliphatic rings. The average molecular weight is 381 g/mol. The lowest BCUT2D eigenvalue weighted by Gasteiger charge is -2.15. The molecule has 2 N–H and O–H groups in total. The van der Waals surface area contributed by atoms with Crippen LogP contribution in [-0.2, 0) is 0 Å². The molecule has 1 aliphatic heterocycles. The van der Waals surface area contributed by atoms with Gasteiger partial charge in [0.25, 0.3) is 0 Å². The lowest BCUT2D eigenvalue weighted by molar-refractivity contribution is 0.297. The monoisotopic (exact) mass is 381 g/mol. The fourth-order valence-electron chi connectivity index (χ4n) is 2.24. The second-order valence-corrected chi connectivity index (χ2v) is 6.03. The van der Waals surface area contributed by atoms with E-state index in [-0.39, 0.29) is 6.04 Å². The summed E-state index contributed by atoms with van der Waals surface area (Å²) in [5.41, 5.74) is 8.47. The van der Waals surface area contributed by atoms with Crippen LogP contribution in [0.15, 0.2) is 42.5 Å². The normalized spacial score (nSPS) is 15.5. The maximum absolute atomic E-state index is 6.34. The first-order valence-corrected chi connectivity index (χ1v) is 7.72. The molecule has 2 aromatic carbocycles. The Labute approximate surface area is 132 Å². The number of fused-ring (bicyclic) bond motifs is 1. The van der Waals surface area contributed by atoms with Crippen LogP contribution in [-0.4, -0.2) is 13.2 Å². The molecule has 0 aliphatic carbocycles. The Balaban J connectivity index is 1.90. The molecule has 0 saturated heterocycles. The van der Waals surface area contributed by atoms with Gasteiger partial charge in [-0.3, -0.25) is 0 Å². The third kappa shape index (κ3) is 2.91. The molecule has 0 fully saturated rings. The third-order valence-electron chi connectivity index (χ3n) is 3.36. The highest BCUT2D eigenvalue weighted by Gasteiger charge is 2.15. The molecule has 0 spiro atoms. The summed E-state index contributed by atoms with van der Waals surface area (Å²) in [5.74, 6) is 1.60. The maximum Gasteiger partial charge on any atom is 0.161 e. The molecule has 104 valence electrons. The minimum absolute atomic E-state index is 0.149. The van der Waals surface area contributed by atoms with Gasteiger partial charge in [0.1, 0.15) is 0 Å². The second kappa shape index (κ2) is 6.01. The molecule has 1 heterocycles. The van der Waals surface area contributed by atoms with E-state index in [4.69, 9.17) is 15.2 Å². The zero-order valence-corrected chi connectivity index (χ0v) is 13.2. The number of hydrogen-bond acceptors (Lipinski definition) is 3. The molecule has 3 rings (SSSR count). The summed E-state index contributed by atoms with van der Waals surface area (Å²) in [6, 6.07) is 14.1. The number of nitrogens with two attached hydrogens (primary N) is 1. The standard InChI is InChI=1S/C16H16INO2/c17-13-5-2-11(3-6-13)16(18)12-4-7-14-15(10-12)20-9-1-8-19-14/h2-7,10,16H,1,8-9,18H2. The van der Waals surface area contributed by atoms with Crippen LogP contribution in [0.4, 0.5) is 0 Å². The van der Waals surface area contributed by atoms with Crippen LogP contribution in [0.5, 0.6) is 11.5 Å². The molecule has 0 aromatic heterocycles. The Morgan fingerprint density at radius 3 is 2.30 bits per heavy atom. The van der Waals surface area contributed by atoms with Crippen LogP contribution in [0.3, 0.4) is 0 Å². The minimum Gasteiger partial charge on any atom is -0.490 e. The zero-order valence-electron chi connectivity index (χ0n) is 11.0. The summed E-state index contributed by atoms with van der Waals surface area (Å²) in [4.78, 5) is 0. The van der Waals surface area contributed by atoms with Gasteiger partial charge in [-0.15, -0.1) is 0 Å². The van der Waals surface area contributed by atoms with Crippen LogP contribution >= 0.6 is 22.6 Å². The first kappa shape index (κ1) is 13.7. The van der Waals surface area contributed by atoms with Crippen molar-refractivity contribution in [3.05, 3.63) is 57.2 Å². The molecule has 2 aromatic rings. The SMILES string of the molecule is NC(c1ccc(I)cc1)c1ccc2c(c1)OCCCO2. The van der Waals surface area contributed by atoms with E-state index < -0.39 is 0 Å². The van der Waals surface area contributed by atoms with Gasteiger partial charge in [-0.25, -0.2) is 0 Å². The van der Waals surface area contributed by atoms with Crippen molar-refractivity contribution in [2.45, 2.75) is 12.5 Å². The summed E-state index contributed by atoms with van der Waals surface area (Å²) in [6.07, 6.45) is 0.910. The number of benzene rings is 2. The molecule has 0 bridgehead atoms. The molecule has 0 amide bonds. The Morgan fingerprint density at radius 2 is 1.55 bits per heavy atom. The first-order chi connectivity index (χ1) is 9.74. The number of hydrogen-bond donors (Lipinski definition) is 1. The minimum atomic E-state index is -0.149. The van der Waals surface area contributed by atoms with Gasteiger partial charge < -0.3 is 15.2 Å². The van der Waals surface area contributed by atoms with E-state index >= 15 is 0 Å². The highest BCUT2D eigenvalue weighted by Crippen LogP contribution is 2.33. The zero-order chi connectivity index (χ0) is 13.9. The molecule has 1 atom stereocenters. The number of rotatable bonds is 2. The van der Waals surface area contributed by atoms with E-state index in [9.17, 15) is 0 Å². The lowest BCUT2D eigenvalue weighted by atomic mass is 9.99. The molecule has 0 saturated carbocycles. The van der Waals surface area contributed by atoms with Crippen molar-refractivity contribution in [3.8, 4) is 11.5 Å². The molecular weight excluding hydrogens is 365 g/mol. The van der Waals surface area contributed by atoms with Gasteiger partial charge in [-0.05, 0) is 58.0 Å². The van der Waals surface area contributed by atoms with Gasteiger partial charge >= 0.3 is 0 Å². The van der Waals surface area contributed by atoms with Gasteiger partial charge in [0.05, 0.1) is 19.3 Å². The average Bonchev–Trinajstić information content (AvgIpc) is 2.71. The summed E-state index contributed by atoms with van der Waals surface area (Å²) in [5, 5.41) is 0. The van der Waals surface area contributed by atoms with Crippen LogP contribution in [0.25, 0.3) is 0 Å². The quantitative estimate of drug-likeness (QED) is 0.810. The molecule has 0 radical (unpaired) electrons. The third-order valence-corrected chi connectivity index (χ3v) is 4.08. The summed E-state index contributed by atoms with van der Waals surface area (Å²) in [6.45, 7) is 1.39. The Kier molecular flexibility index (Phi) is 4.12. The Hall–Kier alpha value is -1.27. The maximum atomic E-state index is 6.34. The van der Waals surface area contributed by atoms with Crippen LogP contribution in [0, 0.1) is 3.57 Å². The van der Waals surface area contributed by atoms with Crippen molar-refractivity contribution in [1.82, 2.24) is 0 Å². The predicted octanol–water partition coefficient (Wildman–Crippen LogP) is 3.50. The number of halogens is 1. The van der Waals surface area contributed by atoms with E-state index in [0.717, 1.165) is 29.0 Å². The van der Waals surface area contributed by atoms with E-state index in [0.29, 0.717) is 13.2 Å². The van der Waals surface area contributed by atoms with Gasteiger partial charge in [0.15, 0.2) is 11.5 Å². The van der Waals surface area contributed by atoms with Gasteiger partial charge in [0.2, 0.25) is 0 Å². The van der Waals surface area contributed by atoms with Crippen molar-refractivity contribution in [3.63, 3.8) is 0 Å². The highest BCUT2D eigenvalue weighted by atomic mass is 127. The Morgan fingerprint density at radius 1 is 0.900 bits per heavy atom. The van der Waals surface area contributed by atoms with Crippen LogP contribution in [0.2, 0.25) is 0 Å².